The molecule has 0 spiro atoms. The second kappa shape index (κ2) is 9.00. The number of amides is 1. The van der Waals surface area contributed by atoms with E-state index < -0.39 is 11.7 Å². The number of halogens is 3. The first-order valence-corrected chi connectivity index (χ1v) is 13.3. The summed E-state index contributed by atoms with van der Waals surface area (Å²) in [4.78, 5) is 19.2. The summed E-state index contributed by atoms with van der Waals surface area (Å²) >= 11 is 0. The molecule has 1 atom stereocenters. The van der Waals surface area contributed by atoms with E-state index in [0.29, 0.717) is 29.9 Å². The lowest BCUT2D eigenvalue weighted by molar-refractivity contribution is -0.137. The van der Waals surface area contributed by atoms with Crippen LogP contribution in [-0.4, -0.2) is 33.4 Å². The molecule has 5 aromatic rings. The minimum absolute atomic E-state index is 0.182. The number of likely N-dealkylation sites (tertiary alicyclic amines) is 1. The fourth-order valence-corrected chi connectivity index (χ4v) is 5.70. The van der Waals surface area contributed by atoms with Crippen LogP contribution < -0.4 is 0 Å². The molecule has 1 saturated heterocycles. The number of hydrogen-bond acceptors (Lipinski definition) is 3. The second-order valence-electron chi connectivity index (χ2n) is 10.7. The highest BCUT2D eigenvalue weighted by Gasteiger charge is 2.37. The molecule has 0 radical (unpaired) electrons. The Balaban J connectivity index is 1.24. The van der Waals surface area contributed by atoms with Gasteiger partial charge in [-0.3, -0.25) is 4.79 Å². The summed E-state index contributed by atoms with van der Waals surface area (Å²) in [6.07, 6.45) is 0.0455. The van der Waals surface area contributed by atoms with Gasteiger partial charge in [-0.05, 0) is 72.7 Å². The Morgan fingerprint density at radius 2 is 1.69 bits per heavy atom. The zero-order chi connectivity index (χ0) is 26.7. The van der Waals surface area contributed by atoms with Gasteiger partial charge in [0.15, 0.2) is 0 Å². The van der Waals surface area contributed by atoms with Crippen LogP contribution in [0.15, 0.2) is 77.4 Å². The Morgan fingerprint density at radius 1 is 0.923 bits per heavy atom. The number of alkyl halides is 3. The summed E-state index contributed by atoms with van der Waals surface area (Å²) in [6.45, 7) is 1.99. The summed E-state index contributed by atoms with van der Waals surface area (Å²) in [7, 11) is 0. The van der Waals surface area contributed by atoms with E-state index in [1.54, 1.807) is 6.26 Å². The first kappa shape index (κ1) is 24.0. The van der Waals surface area contributed by atoms with Crippen LogP contribution in [0, 0.1) is 11.8 Å². The molecule has 0 bridgehead atoms. The van der Waals surface area contributed by atoms with Crippen LogP contribution in [0.25, 0.3) is 44.5 Å². The van der Waals surface area contributed by atoms with Gasteiger partial charge in [-0.2, -0.15) is 13.2 Å². The molecule has 1 saturated carbocycles. The molecule has 3 heterocycles. The topological polar surface area (TPSA) is 51.3 Å². The van der Waals surface area contributed by atoms with Crippen molar-refractivity contribution in [1.29, 1.82) is 0 Å². The van der Waals surface area contributed by atoms with Crippen molar-refractivity contribution in [1.82, 2.24) is 14.5 Å². The molecule has 8 heteroatoms. The van der Waals surface area contributed by atoms with Crippen molar-refractivity contribution in [2.24, 2.45) is 11.8 Å². The van der Waals surface area contributed by atoms with Crippen LogP contribution >= 0.6 is 0 Å². The molecular weight excluding hydrogens is 503 g/mol. The number of benzene rings is 3. The van der Waals surface area contributed by atoms with Crippen LogP contribution in [0.1, 0.15) is 24.8 Å². The molecule has 5 nitrogen and oxygen atoms in total. The minimum Gasteiger partial charge on any atom is -0.464 e. The smallest absolute Gasteiger partial charge is 0.416 e. The normalized spacial score (nSPS) is 17.9. The third-order valence-corrected chi connectivity index (χ3v) is 7.97. The highest BCUT2D eigenvalue weighted by atomic mass is 19.4. The number of fused-ring (bicyclic) bond motifs is 2. The van der Waals surface area contributed by atoms with Crippen molar-refractivity contribution in [3.63, 3.8) is 0 Å². The quantitative estimate of drug-likeness (QED) is 0.239. The lowest BCUT2D eigenvalue weighted by Gasteiger charge is -2.18. The van der Waals surface area contributed by atoms with Crippen LogP contribution in [0.2, 0.25) is 0 Å². The molecule has 2 aromatic heterocycles. The van der Waals surface area contributed by atoms with Gasteiger partial charge in [-0.1, -0.05) is 30.3 Å². The van der Waals surface area contributed by atoms with Crippen molar-refractivity contribution in [3.8, 4) is 22.5 Å². The van der Waals surface area contributed by atoms with Crippen molar-refractivity contribution in [3.05, 3.63) is 78.6 Å². The zero-order valence-corrected chi connectivity index (χ0v) is 21.1. The van der Waals surface area contributed by atoms with Crippen molar-refractivity contribution >= 4 is 27.9 Å². The van der Waals surface area contributed by atoms with E-state index in [1.807, 2.05) is 51.9 Å². The number of rotatable bonds is 5. The fraction of sp³-hybridized carbons (Fsp3) is 0.290. The van der Waals surface area contributed by atoms with Gasteiger partial charge in [0, 0.05) is 36.5 Å². The van der Waals surface area contributed by atoms with Gasteiger partial charge in [0.05, 0.1) is 22.9 Å². The van der Waals surface area contributed by atoms with Gasteiger partial charge in [0.1, 0.15) is 11.4 Å². The Morgan fingerprint density at radius 3 is 2.46 bits per heavy atom. The van der Waals surface area contributed by atoms with Crippen molar-refractivity contribution in [2.75, 3.05) is 13.1 Å². The van der Waals surface area contributed by atoms with Crippen molar-refractivity contribution in [2.45, 2.75) is 32.0 Å². The van der Waals surface area contributed by atoms with E-state index in [-0.39, 0.29) is 17.7 Å². The van der Waals surface area contributed by atoms with E-state index in [1.165, 1.54) is 6.07 Å². The molecule has 2 aliphatic rings. The molecule has 0 N–H and O–H groups in total. The zero-order valence-electron chi connectivity index (χ0n) is 21.1. The number of carbonyl (C=O) groups is 1. The lowest BCUT2D eigenvalue weighted by Crippen LogP contribution is -2.30. The van der Waals surface area contributed by atoms with Crippen LogP contribution in [0.5, 0.6) is 0 Å². The maximum atomic E-state index is 13.5. The summed E-state index contributed by atoms with van der Waals surface area (Å²) < 4.78 is 47.9. The highest BCUT2D eigenvalue weighted by Crippen LogP contribution is 2.36. The van der Waals surface area contributed by atoms with Crippen LogP contribution in [-0.2, 0) is 17.5 Å². The van der Waals surface area contributed by atoms with Crippen LogP contribution in [0.3, 0.4) is 0 Å². The standard InChI is InChI=1S/C31H26F3N3O2/c32-31(33,34)25-8-9-27-26(16-25)35-29(37(27)18-19-11-13-36(17-19)30(38)22-5-6-22)21-3-1-20(2-4-21)23-7-10-28-24(15-23)12-14-39-28/h1-4,7-10,12,14-16,19,22H,5-6,11,13,17-18H2/t19-/m0/s1. The van der Waals surface area contributed by atoms with E-state index in [2.05, 4.69) is 6.07 Å². The molecule has 39 heavy (non-hydrogen) atoms. The van der Waals surface area contributed by atoms with E-state index >= 15 is 0 Å². The lowest BCUT2D eigenvalue weighted by atomic mass is 10.0. The first-order valence-electron chi connectivity index (χ1n) is 13.3. The molecule has 198 valence electrons. The third-order valence-electron chi connectivity index (χ3n) is 7.97. The number of hydrogen-bond donors (Lipinski definition) is 0. The van der Waals surface area contributed by atoms with E-state index in [9.17, 15) is 18.0 Å². The van der Waals surface area contributed by atoms with Crippen molar-refractivity contribution < 1.29 is 22.4 Å². The molecule has 1 amide bonds. The maximum Gasteiger partial charge on any atom is 0.416 e. The summed E-state index contributed by atoms with van der Waals surface area (Å²) in [6, 6.07) is 19.6. The summed E-state index contributed by atoms with van der Waals surface area (Å²) in [5, 5.41) is 1.02. The predicted molar refractivity (Wildman–Crippen MR) is 143 cm³/mol. The molecule has 3 aromatic carbocycles. The maximum absolute atomic E-state index is 13.5. The Hall–Kier alpha value is -4.07. The van der Waals surface area contributed by atoms with Gasteiger partial charge in [0.25, 0.3) is 0 Å². The average molecular weight is 530 g/mol. The van der Waals surface area contributed by atoms with Crippen LogP contribution in [0.4, 0.5) is 13.2 Å². The number of furan rings is 1. The fourth-order valence-electron chi connectivity index (χ4n) is 5.70. The summed E-state index contributed by atoms with van der Waals surface area (Å²) in [5.41, 5.74) is 4.00. The molecule has 0 unspecified atom stereocenters. The monoisotopic (exact) mass is 529 g/mol. The van der Waals surface area contributed by atoms with Gasteiger partial charge in [-0.25, -0.2) is 4.98 Å². The van der Waals surface area contributed by atoms with Gasteiger partial charge < -0.3 is 13.9 Å². The molecule has 1 aliphatic carbocycles. The van der Waals surface area contributed by atoms with Gasteiger partial charge in [-0.15, -0.1) is 0 Å². The Kier molecular flexibility index (Phi) is 5.54. The molecule has 1 aliphatic heterocycles. The summed E-state index contributed by atoms with van der Waals surface area (Å²) in [5.74, 6) is 1.27. The van der Waals surface area contributed by atoms with E-state index in [4.69, 9.17) is 9.40 Å². The second-order valence-corrected chi connectivity index (χ2v) is 10.7. The highest BCUT2D eigenvalue weighted by molar-refractivity contribution is 5.85. The molecular formula is C31H26F3N3O2. The Labute approximate surface area is 222 Å². The number of imidazole rings is 1. The average Bonchev–Trinajstić information content (AvgIpc) is 3.33. The molecule has 2 fully saturated rings. The number of carbonyl (C=O) groups excluding carboxylic acids is 1. The Bertz CT molecular complexity index is 1700. The third kappa shape index (κ3) is 4.47. The number of aromatic nitrogens is 2. The SMILES string of the molecule is O=C(C1CC1)N1CC[C@H](Cn2c(-c3ccc(-c4ccc5occc5c4)cc3)nc3cc(C(F)(F)F)ccc32)C1. The largest absolute Gasteiger partial charge is 0.464 e. The van der Waals surface area contributed by atoms with Gasteiger partial charge >= 0.3 is 6.18 Å². The molecule has 7 rings (SSSR count). The van der Waals surface area contributed by atoms with Gasteiger partial charge in [0.2, 0.25) is 5.91 Å². The predicted octanol–water partition coefficient (Wildman–Crippen LogP) is 7.39. The van der Waals surface area contributed by atoms with E-state index in [0.717, 1.165) is 65.6 Å². The first-order chi connectivity index (χ1) is 18.8. The minimum atomic E-state index is -4.44. The number of nitrogens with zero attached hydrogens (tertiary/aromatic N) is 3.